The van der Waals surface area contributed by atoms with E-state index in [9.17, 15) is 4.79 Å². The lowest BCUT2D eigenvalue weighted by atomic mass is 9.69. The number of carbonyl (C=O) groups is 1. The van der Waals surface area contributed by atoms with Gasteiger partial charge in [0.15, 0.2) is 0 Å². The zero-order valence-corrected chi connectivity index (χ0v) is 10.5. The molecule has 0 radical (unpaired) electrons. The van der Waals surface area contributed by atoms with Gasteiger partial charge in [-0.05, 0) is 56.4 Å². The highest BCUT2D eigenvalue weighted by Crippen LogP contribution is 2.38. The third kappa shape index (κ3) is 2.24. The Morgan fingerprint density at radius 1 is 1.38 bits per heavy atom. The second-order valence-electron chi connectivity index (χ2n) is 5.94. The van der Waals surface area contributed by atoms with Crippen LogP contribution in [0.1, 0.15) is 46.0 Å². The molecule has 0 aliphatic heterocycles. The van der Waals surface area contributed by atoms with Gasteiger partial charge in [0.2, 0.25) is 5.91 Å². The molecule has 16 heavy (non-hydrogen) atoms. The number of nitrogens with one attached hydrogen (secondary N) is 1. The second-order valence-corrected chi connectivity index (χ2v) is 5.94. The number of hydrogen-bond donors (Lipinski definition) is 2. The van der Waals surface area contributed by atoms with E-state index in [1.807, 2.05) is 0 Å². The molecule has 0 aromatic heterocycles. The monoisotopic (exact) mass is 224 g/mol. The summed E-state index contributed by atoms with van der Waals surface area (Å²) in [7, 11) is 0. The molecule has 2 aliphatic rings. The van der Waals surface area contributed by atoms with Crippen molar-refractivity contribution in [1.82, 2.24) is 5.32 Å². The van der Waals surface area contributed by atoms with Gasteiger partial charge in [-0.1, -0.05) is 13.8 Å². The molecule has 0 spiro atoms. The first-order valence-electron chi connectivity index (χ1n) is 6.59. The van der Waals surface area contributed by atoms with Gasteiger partial charge in [0.05, 0.1) is 0 Å². The Morgan fingerprint density at radius 2 is 2.06 bits per heavy atom. The number of primary amides is 1. The normalized spacial score (nSPS) is 39.6. The van der Waals surface area contributed by atoms with Crippen LogP contribution in [0.15, 0.2) is 0 Å². The Kier molecular flexibility index (Phi) is 3.24. The first-order chi connectivity index (χ1) is 7.54. The fraction of sp³-hybridized carbons (Fsp3) is 0.923. The quantitative estimate of drug-likeness (QED) is 0.763. The van der Waals surface area contributed by atoms with Crippen LogP contribution in [0.3, 0.4) is 0 Å². The average Bonchev–Trinajstić information content (AvgIpc) is 3.00. The van der Waals surface area contributed by atoms with Crippen LogP contribution in [0.4, 0.5) is 0 Å². The number of amides is 1. The summed E-state index contributed by atoms with van der Waals surface area (Å²) >= 11 is 0. The maximum Gasteiger partial charge on any atom is 0.238 e. The van der Waals surface area contributed by atoms with Gasteiger partial charge in [-0.2, -0.15) is 0 Å². The van der Waals surface area contributed by atoms with E-state index < -0.39 is 5.54 Å². The summed E-state index contributed by atoms with van der Waals surface area (Å²) < 4.78 is 0. The highest BCUT2D eigenvalue weighted by molar-refractivity contribution is 5.85. The Labute approximate surface area is 98.2 Å². The molecule has 0 heterocycles. The summed E-state index contributed by atoms with van der Waals surface area (Å²) in [5.41, 5.74) is 5.22. The third-order valence-electron chi connectivity index (χ3n) is 4.47. The smallest absolute Gasteiger partial charge is 0.238 e. The van der Waals surface area contributed by atoms with Crippen LogP contribution in [0.2, 0.25) is 0 Å². The minimum absolute atomic E-state index is 0.146. The summed E-state index contributed by atoms with van der Waals surface area (Å²) in [6, 6.07) is 0. The maximum absolute atomic E-state index is 11.8. The van der Waals surface area contributed by atoms with E-state index in [1.54, 1.807) is 0 Å². The van der Waals surface area contributed by atoms with Crippen LogP contribution >= 0.6 is 0 Å². The molecule has 1 amide bonds. The number of hydrogen-bond acceptors (Lipinski definition) is 2. The molecule has 3 N–H and O–H groups in total. The van der Waals surface area contributed by atoms with Crippen molar-refractivity contribution in [3.05, 3.63) is 0 Å². The van der Waals surface area contributed by atoms with Crippen molar-refractivity contribution in [2.45, 2.75) is 51.5 Å². The summed E-state index contributed by atoms with van der Waals surface area (Å²) in [5.74, 6) is 1.74. The Morgan fingerprint density at radius 3 is 2.56 bits per heavy atom. The van der Waals surface area contributed by atoms with Crippen LogP contribution in [-0.4, -0.2) is 18.0 Å². The number of nitrogens with two attached hydrogens (primary N) is 1. The molecule has 0 aromatic rings. The molecule has 3 nitrogen and oxygen atoms in total. The van der Waals surface area contributed by atoms with Crippen molar-refractivity contribution in [3.63, 3.8) is 0 Å². The van der Waals surface area contributed by atoms with Crippen LogP contribution in [0.5, 0.6) is 0 Å². The highest BCUT2D eigenvalue weighted by atomic mass is 16.1. The van der Waals surface area contributed by atoms with Crippen molar-refractivity contribution in [1.29, 1.82) is 0 Å². The largest absolute Gasteiger partial charge is 0.368 e. The SMILES string of the molecule is CC1CCC(NCC2CC2)(C(N)=O)C(C)C1. The standard InChI is InChI=1S/C13H24N2O/c1-9-5-6-13(12(14)16,10(2)7-9)15-8-11-3-4-11/h9-11,15H,3-8H2,1-2H3,(H2,14,16). The van der Waals surface area contributed by atoms with Crippen LogP contribution in [0, 0.1) is 17.8 Å². The summed E-state index contributed by atoms with van der Waals surface area (Å²) in [5, 5.41) is 3.49. The average molecular weight is 224 g/mol. The predicted molar refractivity (Wildman–Crippen MR) is 64.8 cm³/mol. The van der Waals surface area contributed by atoms with E-state index in [4.69, 9.17) is 5.73 Å². The molecule has 0 saturated heterocycles. The van der Waals surface area contributed by atoms with Crippen molar-refractivity contribution in [3.8, 4) is 0 Å². The fourth-order valence-electron chi connectivity index (χ4n) is 3.01. The Hall–Kier alpha value is -0.570. The lowest BCUT2D eigenvalue weighted by molar-refractivity contribution is -0.128. The van der Waals surface area contributed by atoms with Gasteiger partial charge in [0.25, 0.3) is 0 Å². The molecule has 2 rings (SSSR count). The number of carbonyl (C=O) groups excluding carboxylic acids is 1. The van der Waals surface area contributed by atoms with E-state index in [0.717, 1.165) is 37.6 Å². The maximum atomic E-state index is 11.8. The van der Waals surface area contributed by atoms with Gasteiger partial charge in [-0.25, -0.2) is 0 Å². The molecule has 3 heteroatoms. The molecule has 0 aromatic carbocycles. The van der Waals surface area contributed by atoms with Crippen LogP contribution in [0.25, 0.3) is 0 Å². The first kappa shape index (κ1) is 11.9. The minimum Gasteiger partial charge on any atom is -0.368 e. The zero-order chi connectivity index (χ0) is 11.8. The van der Waals surface area contributed by atoms with Gasteiger partial charge in [0, 0.05) is 0 Å². The van der Waals surface area contributed by atoms with E-state index in [-0.39, 0.29) is 5.91 Å². The molecule has 3 unspecified atom stereocenters. The van der Waals surface area contributed by atoms with E-state index in [1.165, 1.54) is 12.8 Å². The topological polar surface area (TPSA) is 55.1 Å². The first-order valence-corrected chi connectivity index (χ1v) is 6.59. The van der Waals surface area contributed by atoms with Crippen molar-refractivity contribution in [2.75, 3.05) is 6.54 Å². The molecular formula is C13H24N2O. The minimum atomic E-state index is -0.422. The molecule has 2 saturated carbocycles. The van der Waals surface area contributed by atoms with Gasteiger partial charge in [-0.15, -0.1) is 0 Å². The highest BCUT2D eigenvalue weighted by Gasteiger charge is 2.45. The third-order valence-corrected chi connectivity index (χ3v) is 4.47. The van der Waals surface area contributed by atoms with E-state index in [0.29, 0.717) is 5.92 Å². The summed E-state index contributed by atoms with van der Waals surface area (Å²) in [6.07, 6.45) is 5.77. The lowest BCUT2D eigenvalue weighted by Gasteiger charge is -2.43. The molecule has 92 valence electrons. The van der Waals surface area contributed by atoms with Gasteiger partial charge in [0.1, 0.15) is 5.54 Å². The zero-order valence-electron chi connectivity index (χ0n) is 10.5. The van der Waals surface area contributed by atoms with Crippen LogP contribution in [-0.2, 0) is 4.79 Å². The molecule has 3 atom stereocenters. The Balaban J connectivity index is 2.03. The van der Waals surface area contributed by atoms with Crippen molar-refractivity contribution in [2.24, 2.45) is 23.5 Å². The predicted octanol–water partition coefficient (Wildman–Crippen LogP) is 1.67. The lowest BCUT2D eigenvalue weighted by Crippen LogP contribution is -2.62. The summed E-state index contributed by atoms with van der Waals surface area (Å²) in [4.78, 5) is 11.8. The summed E-state index contributed by atoms with van der Waals surface area (Å²) in [6.45, 7) is 5.41. The van der Waals surface area contributed by atoms with Crippen LogP contribution < -0.4 is 11.1 Å². The van der Waals surface area contributed by atoms with Crippen molar-refractivity contribution >= 4 is 5.91 Å². The second kappa shape index (κ2) is 4.36. The number of rotatable bonds is 4. The molecule has 2 fully saturated rings. The van der Waals surface area contributed by atoms with Gasteiger partial charge >= 0.3 is 0 Å². The van der Waals surface area contributed by atoms with Crippen molar-refractivity contribution < 1.29 is 4.79 Å². The van der Waals surface area contributed by atoms with E-state index >= 15 is 0 Å². The fourth-order valence-corrected chi connectivity index (χ4v) is 3.01. The Bertz CT molecular complexity index is 275. The van der Waals surface area contributed by atoms with E-state index in [2.05, 4.69) is 19.2 Å². The molecular weight excluding hydrogens is 200 g/mol. The molecule has 0 bridgehead atoms. The van der Waals surface area contributed by atoms with Gasteiger partial charge in [-0.3, -0.25) is 4.79 Å². The van der Waals surface area contributed by atoms with Gasteiger partial charge < -0.3 is 11.1 Å². The molecule has 2 aliphatic carbocycles.